The first kappa shape index (κ1) is 17.0. The molecule has 10 heteroatoms. The van der Waals surface area contributed by atoms with Crippen LogP contribution in [-0.2, 0) is 4.79 Å². The third kappa shape index (κ3) is 4.54. The zero-order valence-corrected chi connectivity index (χ0v) is 13.9. The Morgan fingerprint density at radius 1 is 1.27 bits per heavy atom. The van der Waals surface area contributed by atoms with Crippen LogP contribution in [-0.4, -0.2) is 21.6 Å². The van der Waals surface area contributed by atoms with Gasteiger partial charge in [0, 0.05) is 11.1 Å². The molecule has 0 spiro atoms. The number of hydrogen-bond donors (Lipinski definition) is 3. The highest BCUT2D eigenvalue weighted by Gasteiger charge is 2.12. The lowest BCUT2D eigenvalue weighted by Crippen LogP contribution is -2.16. The molecule has 1 aromatic heterocycles. The Balaban J connectivity index is 2.03. The van der Waals surface area contributed by atoms with Gasteiger partial charge in [-0.25, -0.2) is 4.98 Å². The van der Waals surface area contributed by atoms with Crippen molar-refractivity contribution in [2.45, 2.75) is 5.16 Å². The molecule has 0 aliphatic carbocycles. The lowest BCUT2D eigenvalue weighted by atomic mass is 10.3. The van der Waals surface area contributed by atoms with Crippen LogP contribution in [0.1, 0.15) is 0 Å². The van der Waals surface area contributed by atoms with Crippen LogP contribution in [0, 0.1) is 0 Å². The molecule has 6 nitrogen and oxygen atoms in total. The summed E-state index contributed by atoms with van der Waals surface area (Å²) in [7, 11) is 0. The fraction of sp³-hybridized carbons (Fsp3) is 0.0833. The number of anilines is 2. The number of carbonyl (C=O) groups is 1. The van der Waals surface area contributed by atoms with Crippen LogP contribution in [0.4, 0.5) is 11.5 Å². The highest BCUT2D eigenvalue weighted by Crippen LogP contribution is 2.33. The number of thioether (sulfide) groups is 1. The van der Waals surface area contributed by atoms with E-state index < -0.39 is 0 Å². The molecule has 0 saturated carbocycles. The van der Waals surface area contributed by atoms with Crippen LogP contribution < -0.4 is 16.6 Å². The Kier molecular flexibility index (Phi) is 5.57. The molecule has 1 aromatic carbocycles. The number of hydrogen-bond acceptors (Lipinski definition) is 5. The van der Waals surface area contributed by atoms with Gasteiger partial charge in [0.1, 0.15) is 5.82 Å². The normalized spacial score (nSPS) is 10.5. The molecular formula is C12H9Cl3N4O2S. The molecule has 2 rings (SSSR count). The second kappa shape index (κ2) is 7.23. The van der Waals surface area contributed by atoms with E-state index in [0.717, 1.165) is 17.8 Å². The van der Waals surface area contributed by atoms with E-state index in [4.69, 9.17) is 40.5 Å². The van der Waals surface area contributed by atoms with Gasteiger partial charge in [0.25, 0.3) is 5.56 Å². The molecular weight excluding hydrogens is 371 g/mol. The van der Waals surface area contributed by atoms with E-state index in [-0.39, 0.29) is 43.9 Å². The van der Waals surface area contributed by atoms with Gasteiger partial charge in [-0.3, -0.25) is 9.59 Å². The van der Waals surface area contributed by atoms with E-state index >= 15 is 0 Å². The standard InChI is InChI=1S/C12H9Cl3N4O2S/c13-5-1-6(14)11(7(15)2-5)18-10(21)4-22-12-17-8(16)3-9(20)19-12/h1-3H,4H2,(H,18,21)(H3,16,17,19,20). The number of H-pyrrole nitrogens is 1. The number of amides is 1. The van der Waals surface area contributed by atoms with Crippen molar-refractivity contribution in [2.24, 2.45) is 0 Å². The lowest BCUT2D eigenvalue weighted by Gasteiger charge is -2.09. The molecule has 116 valence electrons. The Bertz CT molecular complexity index is 758. The average molecular weight is 380 g/mol. The van der Waals surface area contributed by atoms with Gasteiger partial charge in [-0.1, -0.05) is 46.6 Å². The Labute approximate surface area is 144 Å². The quantitative estimate of drug-likeness (QED) is 0.560. The van der Waals surface area contributed by atoms with Crippen molar-refractivity contribution in [1.82, 2.24) is 9.97 Å². The summed E-state index contributed by atoms with van der Waals surface area (Å²) in [5.74, 6) is -0.307. The molecule has 4 N–H and O–H groups in total. The summed E-state index contributed by atoms with van der Waals surface area (Å²) in [5, 5.41) is 3.64. The summed E-state index contributed by atoms with van der Waals surface area (Å²) in [5.41, 5.74) is 5.33. The van der Waals surface area contributed by atoms with Crippen LogP contribution in [0.5, 0.6) is 0 Å². The number of aromatic amines is 1. The number of halogens is 3. The minimum atomic E-state index is -0.390. The van der Waals surface area contributed by atoms with Crippen molar-refractivity contribution in [3.05, 3.63) is 43.6 Å². The van der Waals surface area contributed by atoms with Gasteiger partial charge >= 0.3 is 0 Å². The summed E-state index contributed by atoms with van der Waals surface area (Å²) >= 11 is 18.8. The van der Waals surface area contributed by atoms with Gasteiger partial charge in [0.15, 0.2) is 5.16 Å². The minimum absolute atomic E-state index is 0.0122. The Morgan fingerprint density at radius 3 is 2.50 bits per heavy atom. The number of nitrogens with two attached hydrogens (primary N) is 1. The molecule has 22 heavy (non-hydrogen) atoms. The van der Waals surface area contributed by atoms with Gasteiger partial charge in [0.05, 0.1) is 21.5 Å². The largest absolute Gasteiger partial charge is 0.383 e. The molecule has 0 aliphatic rings. The molecule has 0 radical (unpaired) electrons. The number of rotatable bonds is 4. The van der Waals surface area contributed by atoms with Crippen LogP contribution in [0.25, 0.3) is 0 Å². The maximum absolute atomic E-state index is 11.9. The second-order valence-electron chi connectivity index (χ2n) is 4.06. The maximum atomic E-state index is 11.9. The number of nitrogens with zero attached hydrogens (tertiary/aromatic N) is 1. The third-order valence-electron chi connectivity index (χ3n) is 2.35. The van der Waals surface area contributed by atoms with Crippen molar-refractivity contribution in [3.8, 4) is 0 Å². The predicted octanol–water partition coefficient (Wildman–Crippen LogP) is 3.04. The van der Waals surface area contributed by atoms with Gasteiger partial charge in [0.2, 0.25) is 5.91 Å². The van der Waals surface area contributed by atoms with Crippen molar-refractivity contribution in [2.75, 3.05) is 16.8 Å². The highest BCUT2D eigenvalue weighted by molar-refractivity contribution is 7.99. The van der Waals surface area contributed by atoms with Crippen molar-refractivity contribution < 1.29 is 4.79 Å². The summed E-state index contributed by atoms with van der Waals surface area (Å²) in [6, 6.07) is 4.08. The third-order valence-corrected chi connectivity index (χ3v) is 4.04. The first-order valence-corrected chi connectivity index (χ1v) is 7.91. The van der Waals surface area contributed by atoms with E-state index in [1.165, 1.54) is 12.1 Å². The summed E-state index contributed by atoms with van der Waals surface area (Å²) in [4.78, 5) is 29.5. The Morgan fingerprint density at radius 2 is 1.91 bits per heavy atom. The molecule has 1 amide bonds. The minimum Gasteiger partial charge on any atom is -0.383 e. The van der Waals surface area contributed by atoms with Crippen LogP contribution in [0.2, 0.25) is 15.1 Å². The highest BCUT2D eigenvalue weighted by atomic mass is 35.5. The lowest BCUT2D eigenvalue weighted by molar-refractivity contribution is -0.113. The number of nitrogen functional groups attached to an aromatic ring is 1. The van der Waals surface area contributed by atoms with E-state index in [9.17, 15) is 9.59 Å². The number of nitrogens with one attached hydrogen (secondary N) is 2. The van der Waals surface area contributed by atoms with Crippen LogP contribution in [0.15, 0.2) is 28.2 Å². The van der Waals surface area contributed by atoms with E-state index in [1.54, 1.807) is 0 Å². The van der Waals surface area contributed by atoms with Crippen LogP contribution >= 0.6 is 46.6 Å². The number of carbonyl (C=O) groups excluding carboxylic acids is 1. The summed E-state index contributed by atoms with van der Waals surface area (Å²) < 4.78 is 0. The SMILES string of the molecule is Nc1cc(=O)[nH]c(SCC(=O)Nc2c(Cl)cc(Cl)cc2Cl)n1. The maximum Gasteiger partial charge on any atom is 0.253 e. The van der Waals surface area contributed by atoms with Crippen molar-refractivity contribution >= 4 is 64.0 Å². The zero-order chi connectivity index (χ0) is 16.3. The topological polar surface area (TPSA) is 101 Å². The van der Waals surface area contributed by atoms with E-state index in [1.807, 2.05) is 0 Å². The Hall–Kier alpha value is -1.41. The average Bonchev–Trinajstić information content (AvgIpc) is 2.39. The van der Waals surface area contributed by atoms with Crippen molar-refractivity contribution in [3.63, 3.8) is 0 Å². The van der Waals surface area contributed by atoms with Gasteiger partial charge in [-0.15, -0.1) is 0 Å². The van der Waals surface area contributed by atoms with Crippen molar-refractivity contribution in [1.29, 1.82) is 0 Å². The first-order chi connectivity index (χ1) is 10.3. The molecule has 2 aromatic rings. The monoisotopic (exact) mass is 378 g/mol. The van der Waals surface area contributed by atoms with Crippen LogP contribution in [0.3, 0.4) is 0 Å². The number of aromatic nitrogens is 2. The fourth-order valence-corrected chi connectivity index (χ4v) is 3.09. The molecule has 0 saturated heterocycles. The first-order valence-electron chi connectivity index (χ1n) is 5.79. The molecule has 0 unspecified atom stereocenters. The molecule has 0 bridgehead atoms. The summed E-state index contributed by atoms with van der Waals surface area (Å²) in [6.45, 7) is 0. The van der Waals surface area contributed by atoms with E-state index in [2.05, 4.69) is 15.3 Å². The smallest absolute Gasteiger partial charge is 0.253 e. The van der Waals surface area contributed by atoms with E-state index in [0.29, 0.717) is 5.02 Å². The molecule has 0 atom stereocenters. The predicted molar refractivity (Wildman–Crippen MR) is 90.1 cm³/mol. The molecule has 0 aliphatic heterocycles. The second-order valence-corrected chi connectivity index (χ2v) is 6.27. The zero-order valence-electron chi connectivity index (χ0n) is 10.8. The molecule has 1 heterocycles. The summed E-state index contributed by atoms with van der Waals surface area (Å²) in [6.07, 6.45) is 0. The number of benzene rings is 1. The fourth-order valence-electron chi connectivity index (χ4n) is 1.49. The van der Waals surface area contributed by atoms with Gasteiger partial charge in [-0.05, 0) is 12.1 Å². The van der Waals surface area contributed by atoms with Gasteiger partial charge < -0.3 is 16.0 Å². The van der Waals surface area contributed by atoms with Gasteiger partial charge in [-0.2, -0.15) is 0 Å². The molecule has 0 fully saturated rings.